The smallest absolute Gasteiger partial charge is 0.164 e. The highest BCUT2D eigenvalue weighted by Crippen LogP contribution is 2.52. The summed E-state index contributed by atoms with van der Waals surface area (Å²) in [5.41, 5.74) is 13.5. The van der Waals surface area contributed by atoms with Gasteiger partial charge in [-0.15, -0.1) is 0 Å². The standard InChI is InChI=1S/C55H36N4S/c1-5-15-37(16-6-1)38-27-31-43(32-28-38)59(42-21-11-4-12-22-42)44-33-29-39(30-34-44)45-23-13-26-48-46-24-14-25-47-49(35-36-50(51(46)47)60-52(45)48)55-57-53(40-17-7-2-8-18-40)56-54(58-55)41-19-9-3-10-20-41/h1-36H. The van der Waals surface area contributed by atoms with Gasteiger partial charge in [-0.05, 0) is 87.3 Å². The van der Waals surface area contributed by atoms with Crippen molar-refractivity contribution in [3.8, 4) is 67.5 Å². The van der Waals surface area contributed by atoms with E-state index in [4.69, 9.17) is 15.0 Å². The fourth-order valence-corrected chi connectivity index (χ4v) is 9.51. The van der Waals surface area contributed by atoms with Crippen LogP contribution in [0.5, 0.6) is 0 Å². The lowest BCUT2D eigenvalue weighted by molar-refractivity contribution is 1.08. The van der Waals surface area contributed by atoms with Gasteiger partial charge in [-0.1, -0.05) is 182 Å². The summed E-state index contributed by atoms with van der Waals surface area (Å²) < 4.78 is 0. The molecule has 0 spiro atoms. The maximum Gasteiger partial charge on any atom is 0.164 e. The van der Waals surface area contributed by atoms with E-state index in [-0.39, 0.29) is 0 Å². The van der Waals surface area contributed by atoms with Gasteiger partial charge >= 0.3 is 0 Å². The summed E-state index contributed by atoms with van der Waals surface area (Å²) in [4.78, 5) is 19.9. The lowest BCUT2D eigenvalue weighted by atomic mass is 9.92. The minimum Gasteiger partial charge on any atom is -0.311 e. The Labute approximate surface area is 353 Å². The molecule has 0 atom stereocenters. The highest BCUT2D eigenvalue weighted by Gasteiger charge is 2.25. The van der Waals surface area contributed by atoms with Crippen LogP contribution in [0.15, 0.2) is 228 Å². The van der Waals surface area contributed by atoms with Crippen molar-refractivity contribution in [3.63, 3.8) is 0 Å². The second kappa shape index (κ2) is 15.3. The third-order valence-corrected chi connectivity index (χ3v) is 12.3. The van der Waals surface area contributed by atoms with Crippen LogP contribution in [0.4, 0.5) is 17.1 Å². The van der Waals surface area contributed by atoms with E-state index in [9.17, 15) is 0 Å². The Morgan fingerprint density at radius 2 is 0.767 bits per heavy atom. The minimum absolute atomic E-state index is 0.656. The molecule has 0 fully saturated rings. The topological polar surface area (TPSA) is 41.9 Å². The first-order chi connectivity index (χ1) is 29.7. The van der Waals surface area contributed by atoms with Crippen molar-refractivity contribution < 1.29 is 0 Å². The second-order valence-corrected chi connectivity index (χ2v) is 15.8. The number of fused-ring (bicyclic) bond motifs is 2. The number of hydrogen-bond acceptors (Lipinski definition) is 5. The van der Waals surface area contributed by atoms with Crippen molar-refractivity contribution in [2.75, 3.05) is 4.90 Å². The van der Waals surface area contributed by atoms with Crippen molar-refractivity contribution in [2.24, 2.45) is 0 Å². The van der Waals surface area contributed by atoms with Crippen molar-refractivity contribution in [1.82, 2.24) is 15.0 Å². The lowest BCUT2D eigenvalue weighted by Crippen LogP contribution is -2.09. The molecule has 0 bridgehead atoms. The maximum atomic E-state index is 5.09. The van der Waals surface area contributed by atoms with Gasteiger partial charge in [-0.25, -0.2) is 15.0 Å². The van der Waals surface area contributed by atoms with Crippen LogP contribution in [-0.4, -0.2) is 15.0 Å². The predicted molar refractivity (Wildman–Crippen MR) is 249 cm³/mol. The zero-order chi connectivity index (χ0) is 39.8. The fraction of sp³-hybridized carbons (Fsp3) is 0. The maximum absolute atomic E-state index is 5.09. The molecule has 282 valence electrons. The van der Waals surface area contributed by atoms with E-state index >= 15 is 0 Å². The Hall–Kier alpha value is -7.60. The molecule has 11 rings (SSSR count). The number of para-hydroxylation sites is 1. The summed E-state index contributed by atoms with van der Waals surface area (Å²) >= 11 is 1.84. The van der Waals surface area contributed by atoms with Gasteiger partial charge in [0.15, 0.2) is 17.5 Å². The van der Waals surface area contributed by atoms with E-state index in [1.807, 2.05) is 72.4 Å². The molecular weight excluding hydrogens is 749 g/mol. The molecule has 1 aromatic heterocycles. The normalized spacial score (nSPS) is 11.6. The van der Waals surface area contributed by atoms with Crippen LogP contribution in [0.25, 0.3) is 78.3 Å². The first-order valence-electron chi connectivity index (χ1n) is 20.1. The number of nitrogens with zero attached hydrogens (tertiary/aromatic N) is 4. The summed E-state index contributed by atoms with van der Waals surface area (Å²) in [5, 5.41) is 2.35. The van der Waals surface area contributed by atoms with Crippen LogP contribution >= 0.6 is 11.8 Å². The van der Waals surface area contributed by atoms with Gasteiger partial charge in [0, 0.05) is 48.9 Å². The van der Waals surface area contributed by atoms with Crippen LogP contribution in [0.2, 0.25) is 0 Å². The van der Waals surface area contributed by atoms with E-state index in [0.29, 0.717) is 17.5 Å². The van der Waals surface area contributed by atoms with Gasteiger partial charge in [0.2, 0.25) is 0 Å². The summed E-state index contributed by atoms with van der Waals surface area (Å²) in [6.45, 7) is 0. The molecule has 0 N–H and O–H groups in total. The number of hydrogen-bond donors (Lipinski definition) is 0. The first-order valence-corrected chi connectivity index (χ1v) is 20.9. The van der Waals surface area contributed by atoms with Gasteiger partial charge in [0.25, 0.3) is 0 Å². The zero-order valence-corrected chi connectivity index (χ0v) is 33.3. The summed E-state index contributed by atoms with van der Waals surface area (Å²) in [5.74, 6) is 1.97. The Kier molecular flexibility index (Phi) is 9.06. The Morgan fingerprint density at radius 1 is 0.300 bits per heavy atom. The van der Waals surface area contributed by atoms with E-state index in [2.05, 4.69) is 163 Å². The minimum atomic E-state index is 0.656. The molecule has 9 aromatic carbocycles. The SMILES string of the molecule is c1ccc(-c2ccc(N(c3ccccc3)c3ccc(-c4cccc5c4Sc4ccc(-c6nc(-c7ccccc7)nc(-c7ccccc7)n6)c6cccc-5c46)cc3)cc2)cc1. The first kappa shape index (κ1) is 35.6. The van der Waals surface area contributed by atoms with Gasteiger partial charge in [-0.3, -0.25) is 0 Å². The average Bonchev–Trinajstić information content (AvgIpc) is 3.33. The molecule has 4 nitrogen and oxygen atoms in total. The molecule has 1 aliphatic rings. The highest BCUT2D eigenvalue weighted by molar-refractivity contribution is 8.00. The highest BCUT2D eigenvalue weighted by atomic mass is 32.2. The number of anilines is 3. The average molecular weight is 785 g/mol. The van der Waals surface area contributed by atoms with Gasteiger partial charge < -0.3 is 4.90 Å². The Balaban J connectivity index is 0.972. The van der Waals surface area contributed by atoms with Crippen molar-refractivity contribution in [1.29, 1.82) is 0 Å². The van der Waals surface area contributed by atoms with Crippen molar-refractivity contribution in [3.05, 3.63) is 218 Å². The van der Waals surface area contributed by atoms with Crippen LogP contribution in [0, 0.1) is 0 Å². The van der Waals surface area contributed by atoms with E-state index in [0.717, 1.165) is 39.1 Å². The van der Waals surface area contributed by atoms with Crippen molar-refractivity contribution >= 4 is 39.6 Å². The molecule has 0 aliphatic carbocycles. The fourth-order valence-electron chi connectivity index (χ4n) is 8.25. The summed E-state index contributed by atoms with van der Waals surface area (Å²) in [6.07, 6.45) is 0. The van der Waals surface area contributed by atoms with Crippen LogP contribution in [0.1, 0.15) is 0 Å². The number of benzene rings is 9. The third kappa shape index (κ3) is 6.51. The van der Waals surface area contributed by atoms with Gasteiger partial charge in [0.1, 0.15) is 0 Å². The Bertz CT molecular complexity index is 3080. The molecule has 0 radical (unpaired) electrons. The van der Waals surface area contributed by atoms with Crippen LogP contribution in [-0.2, 0) is 0 Å². The van der Waals surface area contributed by atoms with E-state index in [1.165, 1.54) is 48.6 Å². The molecule has 2 heterocycles. The molecule has 0 amide bonds. The van der Waals surface area contributed by atoms with Gasteiger partial charge in [-0.2, -0.15) is 0 Å². The quantitative estimate of drug-likeness (QED) is 0.153. The third-order valence-electron chi connectivity index (χ3n) is 11.1. The molecule has 1 aliphatic heterocycles. The second-order valence-electron chi connectivity index (χ2n) is 14.8. The molecular formula is C55H36N4S. The van der Waals surface area contributed by atoms with Crippen molar-refractivity contribution in [2.45, 2.75) is 9.79 Å². The molecule has 0 saturated carbocycles. The summed E-state index contributed by atoms with van der Waals surface area (Å²) in [6, 6.07) is 77.0. The largest absolute Gasteiger partial charge is 0.311 e. The van der Waals surface area contributed by atoms with Crippen LogP contribution in [0.3, 0.4) is 0 Å². The molecule has 0 saturated heterocycles. The van der Waals surface area contributed by atoms with E-state index in [1.54, 1.807) is 0 Å². The van der Waals surface area contributed by atoms with Gasteiger partial charge in [0.05, 0.1) is 0 Å². The molecule has 0 unspecified atom stereocenters. The summed E-state index contributed by atoms with van der Waals surface area (Å²) in [7, 11) is 0. The monoisotopic (exact) mass is 784 g/mol. The molecule has 10 aromatic rings. The van der Waals surface area contributed by atoms with E-state index < -0.39 is 0 Å². The zero-order valence-electron chi connectivity index (χ0n) is 32.5. The molecule has 5 heteroatoms. The number of aromatic nitrogens is 3. The van der Waals surface area contributed by atoms with Crippen LogP contribution < -0.4 is 4.90 Å². The Morgan fingerprint density at radius 3 is 1.38 bits per heavy atom. The predicted octanol–water partition coefficient (Wildman–Crippen LogP) is 15.0. The molecule has 60 heavy (non-hydrogen) atoms. The number of rotatable bonds is 8. The lowest BCUT2D eigenvalue weighted by Gasteiger charge is -2.26.